The number of hydrogen-bond acceptors (Lipinski definition) is 2. The fourth-order valence-electron chi connectivity index (χ4n) is 1.56. The van der Waals surface area contributed by atoms with Gasteiger partial charge in [-0.05, 0) is 13.3 Å². The van der Waals surface area contributed by atoms with E-state index in [1.54, 1.807) is 30.4 Å². The summed E-state index contributed by atoms with van der Waals surface area (Å²) in [5, 5.41) is 9.71. The van der Waals surface area contributed by atoms with E-state index in [-0.39, 0.29) is 5.78 Å². The number of Topliss-reactive ketones (excluding diaryl/α,β-unsaturated/α-hetero) is 1. The molecule has 0 fully saturated rings. The van der Waals surface area contributed by atoms with Crippen molar-refractivity contribution in [3.8, 4) is 0 Å². The number of ketones is 1. The van der Waals surface area contributed by atoms with Crippen LogP contribution in [0.4, 0.5) is 0 Å². The summed E-state index contributed by atoms with van der Waals surface area (Å²) in [6, 6.07) is 0. The van der Waals surface area contributed by atoms with E-state index in [1.807, 2.05) is 0 Å². The van der Waals surface area contributed by atoms with Crippen molar-refractivity contribution in [3.63, 3.8) is 0 Å². The summed E-state index contributed by atoms with van der Waals surface area (Å²) >= 11 is 0. The molecule has 0 amide bonds. The molecule has 2 atom stereocenters. The van der Waals surface area contributed by atoms with Crippen molar-refractivity contribution in [2.75, 3.05) is 0 Å². The summed E-state index contributed by atoms with van der Waals surface area (Å²) in [7, 11) is 0. The highest BCUT2D eigenvalue weighted by Gasteiger charge is 2.38. The van der Waals surface area contributed by atoms with E-state index in [1.165, 1.54) is 6.92 Å². The molecule has 1 aliphatic rings. The molecule has 0 aromatic heterocycles. The molecule has 2 unspecified atom stereocenters. The van der Waals surface area contributed by atoms with Crippen LogP contribution in [-0.2, 0) is 4.79 Å². The molecule has 1 aliphatic carbocycles. The molecule has 0 bridgehead atoms. The summed E-state index contributed by atoms with van der Waals surface area (Å²) in [6.07, 6.45) is 8.32. The molecule has 0 spiro atoms. The Morgan fingerprint density at radius 2 is 2.38 bits per heavy atom. The first-order chi connectivity index (χ1) is 6.13. The molecule has 13 heavy (non-hydrogen) atoms. The van der Waals surface area contributed by atoms with Crippen molar-refractivity contribution < 1.29 is 9.90 Å². The van der Waals surface area contributed by atoms with Gasteiger partial charge in [-0.15, -0.1) is 6.58 Å². The van der Waals surface area contributed by atoms with Gasteiger partial charge < -0.3 is 5.11 Å². The Balaban J connectivity index is 3.02. The maximum atomic E-state index is 11.4. The lowest BCUT2D eigenvalue weighted by molar-refractivity contribution is -0.127. The zero-order chi connectivity index (χ0) is 9.90. The third-order valence-electron chi connectivity index (χ3n) is 2.46. The largest absolute Gasteiger partial charge is 0.388 e. The lowest BCUT2D eigenvalue weighted by Crippen LogP contribution is -2.39. The van der Waals surface area contributed by atoms with E-state index in [0.29, 0.717) is 6.42 Å². The third-order valence-corrected chi connectivity index (χ3v) is 2.46. The molecular formula is C11H14O2. The van der Waals surface area contributed by atoms with Gasteiger partial charge in [0.1, 0.15) is 5.78 Å². The molecule has 0 saturated carbocycles. The number of allylic oxidation sites excluding steroid dienone is 3. The Labute approximate surface area is 78.3 Å². The number of carbonyl (C=O) groups is 1. The van der Waals surface area contributed by atoms with Crippen LogP contribution in [0.1, 0.15) is 13.3 Å². The van der Waals surface area contributed by atoms with E-state index in [0.717, 1.165) is 0 Å². The number of carbonyl (C=O) groups excluding carboxylic acids is 1. The highest BCUT2D eigenvalue weighted by Crippen LogP contribution is 2.33. The Morgan fingerprint density at radius 3 is 2.85 bits per heavy atom. The van der Waals surface area contributed by atoms with Gasteiger partial charge in [0.2, 0.25) is 0 Å². The van der Waals surface area contributed by atoms with E-state index in [2.05, 4.69) is 6.58 Å². The Kier molecular flexibility index (Phi) is 2.83. The first-order valence-electron chi connectivity index (χ1n) is 4.29. The number of rotatable bonds is 3. The second-order valence-electron chi connectivity index (χ2n) is 3.28. The fraction of sp³-hybridized carbons (Fsp3) is 0.364. The summed E-state index contributed by atoms with van der Waals surface area (Å²) in [4.78, 5) is 11.4. The molecule has 0 aliphatic heterocycles. The smallest absolute Gasteiger partial charge is 0.142 e. The van der Waals surface area contributed by atoms with Crippen LogP contribution in [-0.4, -0.2) is 17.0 Å². The monoisotopic (exact) mass is 178 g/mol. The lowest BCUT2D eigenvalue weighted by atomic mass is 9.73. The summed E-state index contributed by atoms with van der Waals surface area (Å²) in [5.74, 6) is -0.0273. The summed E-state index contributed by atoms with van der Waals surface area (Å²) < 4.78 is 0. The van der Waals surface area contributed by atoms with Gasteiger partial charge in [0, 0.05) is 0 Å². The average molecular weight is 178 g/mol. The van der Waals surface area contributed by atoms with Crippen LogP contribution in [0.2, 0.25) is 0 Å². The molecule has 0 radical (unpaired) electrons. The molecule has 2 nitrogen and oxygen atoms in total. The van der Waals surface area contributed by atoms with Crippen LogP contribution in [0, 0.1) is 5.41 Å². The maximum absolute atomic E-state index is 11.4. The van der Waals surface area contributed by atoms with Crippen molar-refractivity contribution in [2.45, 2.75) is 19.4 Å². The van der Waals surface area contributed by atoms with E-state index < -0.39 is 11.5 Å². The predicted octanol–water partition coefficient (Wildman–Crippen LogP) is 1.62. The molecule has 1 rings (SSSR count). The number of hydrogen-bond donors (Lipinski definition) is 1. The Bertz CT molecular complexity index is 276. The topological polar surface area (TPSA) is 37.3 Å². The second-order valence-corrected chi connectivity index (χ2v) is 3.28. The minimum atomic E-state index is -0.781. The Hall–Kier alpha value is -1.15. The first kappa shape index (κ1) is 9.93. The highest BCUT2D eigenvalue weighted by molar-refractivity contribution is 5.86. The minimum absolute atomic E-state index is 0.0273. The second kappa shape index (κ2) is 3.71. The average Bonchev–Trinajstić information content (AvgIpc) is 2.09. The lowest BCUT2D eigenvalue weighted by Gasteiger charge is -2.32. The molecule has 2 heteroatoms. The first-order valence-corrected chi connectivity index (χ1v) is 4.29. The van der Waals surface area contributed by atoms with Gasteiger partial charge in [-0.25, -0.2) is 0 Å². The Morgan fingerprint density at radius 1 is 1.69 bits per heavy atom. The van der Waals surface area contributed by atoms with Crippen molar-refractivity contribution >= 4 is 5.78 Å². The van der Waals surface area contributed by atoms with Crippen LogP contribution >= 0.6 is 0 Å². The predicted molar refractivity (Wildman–Crippen MR) is 52.2 cm³/mol. The molecule has 70 valence electrons. The van der Waals surface area contributed by atoms with Crippen LogP contribution in [0.25, 0.3) is 0 Å². The molecule has 0 heterocycles. The maximum Gasteiger partial charge on any atom is 0.142 e. The highest BCUT2D eigenvalue weighted by atomic mass is 16.3. The van der Waals surface area contributed by atoms with Gasteiger partial charge in [-0.3, -0.25) is 4.79 Å². The third kappa shape index (κ3) is 1.63. The van der Waals surface area contributed by atoms with Crippen molar-refractivity contribution in [3.05, 3.63) is 37.0 Å². The number of aliphatic hydroxyl groups is 1. The van der Waals surface area contributed by atoms with E-state index >= 15 is 0 Å². The SMILES string of the molecule is C=CCC1(C(C)=O)C=CC=CC1O. The molecule has 0 aromatic carbocycles. The normalized spacial score (nSPS) is 31.7. The van der Waals surface area contributed by atoms with Crippen molar-refractivity contribution in [2.24, 2.45) is 5.41 Å². The van der Waals surface area contributed by atoms with Crippen molar-refractivity contribution in [1.82, 2.24) is 0 Å². The van der Waals surface area contributed by atoms with Gasteiger partial charge in [0.15, 0.2) is 0 Å². The quantitative estimate of drug-likeness (QED) is 0.667. The van der Waals surface area contributed by atoms with Crippen molar-refractivity contribution in [1.29, 1.82) is 0 Å². The van der Waals surface area contributed by atoms with Crippen LogP contribution in [0.3, 0.4) is 0 Å². The van der Waals surface area contributed by atoms with Gasteiger partial charge in [0.05, 0.1) is 11.5 Å². The standard InChI is InChI=1S/C11H14O2/c1-3-7-11(9(2)12)8-5-4-6-10(11)13/h3-6,8,10,13H,1,7H2,2H3. The minimum Gasteiger partial charge on any atom is -0.388 e. The van der Waals surface area contributed by atoms with Crippen LogP contribution in [0.15, 0.2) is 37.0 Å². The van der Waals surface area contributed by atoms with Crippen LogP contribution < -0.4 is 0 Å². The van der Waals surface area contributed by atoms with E-state index in [4.69, 9.17) is 0 Å². The molecule has 0 saturated heterocycles. The summed E-state index contributed by atoms with van der Waals surface area (Å²) in [6.45, 7) is 5.09. The van der Waals surface area contributed by atoms with Gasteiger partial charge >= 0.3 is 0 Å². The zero-order valence-electron chi connectivity index (χ0n) is 7.73. The molecule has 0 aromatic rings. The zero-order valence-corrected chi connectivity index (χ0v) is 7.73. The van der Waals surface area contributed by atoms with Gasteiger partial charge in [-0.1, -0.05) is 30.4 Å². The van der Waals surface area contributed by atoms with Crippen LogP contribution in [0.5, 0.6) is 0 Å². The number of aliphatic hydroxyl groups excluding tert-OH is 1. The van der Waals surface area contributed by atoms with Gasteiger partial charge in [0.25, 0.3) is 0 Å². The van der Waals surface area contributed by atoms with E-state index in [9.17, 15) is 9.90 Å². The van der Waals surface area contributed by atoms with Gasteiger partial charge in [-0.2, -0.15) is 0 Å². The summed E-state index contributed by atoms with van der Waals surface area (Å²) in [5.41, 5.74) is -0.781. The molecule has 1 N–H and O–H groups in total. The fourth-order valence-corrected chi connectivity index (χ4v) is 1.56. The molecular weight excluding hydrogens is 164 g/mol.